The van der Waals surface area contributed by atoms with E-state index in [0.29, 0.717) is 0 Å². The Morgan fingerprint density at radius 1 is 1.43 bits per heavy atom. The quantitative estimate of drug-likeness (QED) is 0.689. The Hall–Kier alpha value is -1.35. The third-order valence-corrected chi connectivity index (χ3v) is 1.87. The summed E-state index contributed by atoms with van der Waals surface area (Å²) in [4.78, 5) is 11.2. The number of carbonyl (C=O) groups excluding carboxylic acids is 1. The van der Waals surface area contributed by atoms with Crippen molar-refractivity contribution in [3.63, 3.8) is 0 Å². The van der Waals surface area contributed by atoms with Crippen molar-refractivity contribution < 1.29 is 15.6 Å². The minimum atomic E-state index is -1.05. The van der Waals surface area contributed by atoms with Crippen molar-refractivity contribution >= 4 is 5.97 Å². The maximum Gasteiger partial charge on any atom is 0.308 e. The molecule has 1 aromatic carbocycles. The van der Waals surface area contributed by atoms with Crippen molar-refractivity contribution in [3.05, 3.63) is 35.9 Å². The first-order valence-corrected chi connectivity index (χ1v) is 4.28. The second-order valence-electron chi connectivity index (χ2n) is 2.76. The number of hydrogen-bond acceptors (Lipinski definition) is 3. The van der Waals surface area contributed by atoms with Crippen LogP contribution in [0, 0.1) is 0 Å². The lowest BCUT2D eigenvalue weighted by Gasteiger charge is -2.13. The van der Waals surface area contributed by atoms with E-state index < -0.39 is 18.5 Å². The van der Waals surface area contributed by atoms with Crippen LogP contribution >= 0.6 is 0 Å². The molecule has 1 rings (SSSR count). The highest BCUT2D eigenvalue weighted by Gasteiger charge is 2.14. The Morgan fingerprint density at radius 3 is 2.57 bits per heavy atom. The molecule has 3 heteroatoms. The van der Waals surface area contributed by atoms with Crippen molar-refractivity contribution in [2.45, 2.75) is 12.5 Å². The minimum absolute atomic E-state index is 0.585. The molecule has 0 aliphatic heterocycles. The van der Waals surface area contributed by atoms with Crippen molar-refractivity contribution in [2.24, 2.45) is 0 Å². The molecule has 1 aromatic rings. The minimum Gasteiger partial charge on any atom is -0.469 e. The van der Waals surface area contributed by atoms with Crippen LogP contribution in [0.15, 0.2) is 30.3 Å². The Balaban J connectivity index is 2.85. The molecular weight excluding hydrogens is 180 g/mol. The summed E-state index contributed by atoms with van der Waals surface area (Å²) < 4.78 is 17.3. The lowest BCUT2D eigenvalue weighted by molar-refractivity contribution is -0.143. The molecular formula is C11H14O3. The highest BCUT2D eigenvalue weighted by Crippen LogP contribution is 2.20. The number of rotatable bonds is 4. The first-order valence-electron chi connectivity index (χ1n) is 4.86. The molecule has 0 aliphatic rings. The molecule has 76 valence electrons. The molecule has 0 bridgehead atoms. The molecule has 3 nitrogen and oxygen atoms in total. The van der Waals surface area contributed by atoms with Gasteiger partial charge in [0.1, 0.15) is 0 Å². The molecule has 0 spiro atoms. The summed E-state index contributed by atoms with van der Waals surface area (Å²) in [5.41, 5.74) is 0.797. The van der Waals surface area contributed by atoms with Crippen molar-refractivity contribution in [1.29, 1.82) is 0 Å². The van der Waals surface area contributed by atoms with E-state index in [4.69, 9.17) is 6.11 Å². The summed E-state index contributed by atoms with van der Waals surface area (Å²) in [6.45, 7) is 0. The summed E-state index contributed by atoms with van der Waals surface area (Å²) in [5.74, 6) is -0.592. The number of carbonyl (C=O) groups is 1. The van der Waals surface area contributed by atoms with Gasteiger partial charge in [0, 0.05) is 8.48 Å². The average molecular weight is 195 g/mol. The van der Waals surface area contributed by atoms with Crippen molar-refractivity contribution in [2.75, 3.05) is 14.2 Å². The maximum absolute atomic E-state index is 11.2. The van der Waals surface area contributed by atoms with Gasteiger partial charge >= 0.3 is 5.97 Å². The first-order chi connectivity index (χ1) is 7.20. The number of esters is 1. The molecule has 0 N–H and O–H groups in total. The van der Waals surface area contributed by atoms with Crippen molar-refractivity contribution in [1.82, 2.24) is 0 Å². The Morgan fingerprint density at radius 2 is 2.07 bits per heavy atom. The molecule has 14 heavy (non-hydrogen) atoms. The van der Waals surface area contributed by atoms with E-state index in [0.717, 1.165) is 5.56 Å². The molecule has 0 saturated carbocycles. The molecule has 0 heterocycles. The maximum atomic E-state index is 11.2. The SMILES string of the molecule is [2H][C@@H](C(=O)OC)[C@@H](OC)c1ccccc1. The van der Waals surface area contributed by atoms with Crippen LogP contribution < -0.4 is 0 Å². The monoisotopic (exact) mass is 195 g/mol. The summed E-state index contributed by atoms with van der Waals surface area (Å²) in [7, 11) is 2.74. The number of benzene rings is 1. The summed E-state index contributed by atoms with van der Waals surface area (Å²) >= 11 is 0. The molecule has 0 unspecified atom stereocenters. The van der Waals surface area contributed by atoms with Gasteiger partial charge in [-0.25, -0.2) is 0 Å². The second-order valence-corrected chi connectivity index (χ2v) is 2.76. The predicted molar refractivity (Wildman–Crippen MR) is 52.8 cm³/mol. The lowest BCUT2D eigenvalue weighted by Crippen LogP contribution is -2.10. The van der Waals surface area contributed by atoms with Gasteiger partial charge in [0.2, 0.25) is 0 Å². The zero-order valence-corrected chi connectivity index (χ0v) is 8.27. The van der Waals surface area contributed by atoms with Crippen LogP contribution in [0.5, 0.6) is 0 Å². The highest BCUT2D eigenvalue weighted by atomic mass is 16.5. The van der Waals surface area contributed by atoms with E-state index in [1.54, 1.807) is 0 Å². The van der Waals surface area contributed by atoms with E-state index in [2.05, 4.69) is 4.74 Å². The Bertz CT molecular complexity index is 313. The third kappa shape index (κ3) is 2.85. The van der Waals surface area contributed by atoms with Gasteiger partial charge in [-0.3, -0.25) is 4.79 Å². The third-order valence-electron chi connectivity index (χ3n) is 1.87. The number of hydrogen-bond donors (Lipinski definition) is 0. The van der Waals surface area contributed by atoms with Crippen LogP contribution in [0.25, 0.3) is 0 Å². The van der Waals surface area contributed by atoms with Crippen LogP contribution in [-0.2, 0) is 14.3 Å². The van der Waals surface area contributed by atoms with E-state index >= 15 is 0 Å². The van der Waals surface area contributed by atoms with Gasteiger partial charge in [0.25, 0.3) is 0 Å². The van der Waals surface area contributed by atoms with Gasteiger partial charge in [0.05, 0.1) is 19.6 Å². The fraction of sp³-hybridized carbons (Fsp3) is 0.364. The van der Waals surface area contributed by atoms with Gasteiger partial charge in [-0.15, -0.1) is 0 Å². The van der Waals surface area contributed by atoms with Gasteiger partial charge in [-0.1, -0.05) is 30.3 Å². The summed E-state index contributed by atoms with van der Waals surface area (Å²) in [5, 5.41) is 0. The molecule has 0 fully saturated rings. The van der Waals surface area contributed by atoms with E-state index in [1.807, 2.05) is 30.3 Å². The fourth-order valence-electron chi connectivity index (χ4n) is 1.13. The smallest absolute Gasteiger partial charge is 0.308 e. The van der Waals surface area contributed by atoms with Crippen LogP contribution in [0.4, 0.5) is 0 Å². The molecule has 0 aliphatic carbocycles. The van der Waals surface area contributed by atoms with E-state index in [1.165, 1.54) is 14.2 Å². The normalized spacial score (nSPS) is 15.4. The van der Waals surface area contributed by atoms with Gasteiger partial charge in [0.15, 0.2) is 0 Å². The Kier molecular flexibility index (Phi) is 3.55. The van der Waals surface area contributed by atoms with Crippen LogP contribution in [0.1, 0.15) is 19.4 Å². The molecule has 0 radical (unpaired) electrons. The predicted octanol–water partition coefficient (Wildman–Crippen LogP) is 1.94. The van der Waals surface area contributed by atoms with Gasteiger partial charge < -0.3 is 9.47 Å². The van der Waals surface area contributed by atoms with Crippen LogP contribution in [0.2, 0.25) is 0 Å². The first kappa shape index (κ1) is 9.21. The van der Waals surface area contributed by atoms with E-state index in [-0.39, 0.29) is 0 Å². The number of ether oxygens (including phenoxy) is 2. The van der Waals surface area contributed by atoms with Crippen LogP contribution in [-0.4, -0.2) is 20.2 Å². The molecule has 0 aromatic heterocycles. The lowest BCUT2D eigenvalue weighted by atomic mass is 10.1. The molecule has 0 amide bonds. The fourth-order valence-corrected chi connectivity index (χ4v) is 1.13. The van der Waals surface area contributed by atoms with Gasteiger partial charge in [-0.05, 0) is 5.56 Å². The standard InChI is InChI=1S/C11H14O3/c1-13-10(8-11(12)14-2)9-6-4-3-5-7-9/h3-7,10H,8H2,1-2H3/t10-/m1/s1/i8D/t8-,10-. The molecule has 2 atom stereocenters. The topological polar surface area (TPSA) is 35.5 Å². The van der Waals surface area contributed by atoms with Crippen molar-refractivity contribution in [3.8, 4) is 0 Å². The Labute approximate surface area is 85.0 Å². The zero-order chi connectivity index (χ0) is 11.3. The second kappa shape index (κ2) is 5.40. The summed E-state index contributed by atoms with van der Waals surface area (Å²) in [6, 6.07) is 9.18. The number of methoxy groups -OCH3 is 2. The average Bonchev–Trinajstić information content (AvgIpc) is 2.30. The largest absolute Gasteiger partial charge is 0.469 e. The van der Waals surface area contributed by atoms with E-state index in [9.17, 15) is 4.79 Å². The highest BCUT2D eigenvalue weighted by molar-refractivity contribution is 5.70. The molecule has 0 saturated heterocycles. The van der Waals surface area contributed by atoms with Crippen LogP contribution in [0.3, 0.4) is 0 Å². The zero-order valence-electron chi connectivity index (χ0n) is 9.27. The summed E-state index contributed by atoms with van der Waals surface area (Å²) in [6.07, 6.45) is -1.64. The van der Waals surface area contributed by atoms with Gasteiger partial charge in [-0.2, -0.15) is 0 Å².